The molecule has 2 aromatic carbocycles. The molecule has 0 aliphatic rings. The van der Waals surface area contributed by atoms with E-state index in [-0.39, 0.29) is 22.9 Å². The van der Waals surface area contributed by atoms with Crippen LogP contribution in [-0.2, 0) is 11.0 Å². The van der Waals surface area contributed by atoms with Gasteiger partial charge < -0.3 is 15.4 Å². The molecule has 7 nitrogen and oxygen atoms in total. The van der Waals surface area contributed by atoms with Crippen molar-refractivity contribution in [1.29, 1.82) is 0 Å². The summed E-state index contributed by atoms with van der Waals surface area (Å²) in [5.41, 5.74) is -0.923. The minimum atomic E-state index is -4.57. The first-order chi connectivity index (χ1) is 15.2. The summed E-state index contributed by atoms with van der Waals surface area (Å²) in [4.78, 5) is 40.0. The highest BCUT2D eigenvalue weighted by molar-refractivity contribution is 6.46. The number of ether oxygens (including phenoxy) is 1. The number of anilines is 1. The molecule has 0 spiro atoms. The third-order valence-electron chi connectivity index (χ3n) is 4.20. The Balaban J connectivity index is 1.67. The van der Waals surface area contributed by atoms with Gasteiger partial charge >= 0.3 is 6.18 Å². The molecule has 0 atom stereocenters. The lowest BCUT2D eigenvalue weighted by Crippen LogP contribution is -2.23. The standard InChI is InChI=1S/C22H16F3N3O4/c1-26-20(30)18-12-17(9-10-27-18)32-16-7-5-13(6-8-16)19(29)21(31)28-15-4-2-3-14(11-15)22(23,24)25/h2-12H,1H3,(H,26,30)(H,28,31). The summed E-state index contributed by atoms with van der Waals surface area (Å²) in [5.74, 6) is -1.74. The molecule has 2 amide bonds. The zero-order valence-electron chi connectivity index (χ0n) is 16.6. The summed E-state index contributed by atoms with van der Waals surface area (Å²) in [6, 6.07) is 12.5. The van der Waals surface area contributed by atoms with Crippen molar-refractivity contribution in [3.63, 3.8) is 0 Å². The van der Waals surface area contributed by atoms with E-state index in [2.05, 4.69) is 15.6 Å². The molecule has 1 heterocycles. The van der Waals surface area contributed by atoms with Gasteiger partial charge in [0.15, 0.2) is 0 Å². The van der Waals surface area contributed by atoms with Gasteiger partial charge in [0, 0.05) is 30.6 Å². The normalized spacial score (nSPS) is 10.9. The molecular weight excluding hydrogens is 427 g/mol. The van der Waals surface area contributed by atoms with Crippen LogP contribution in [-0.4, -0.2) is 29.6 Å². The molecule has 3 rings (SSSR count). The van der Waals surface area contributed by atoms with E-state index in [9.17, 15) is 27.6 Å². The van der Waals surface area contributed by atoms with Crippen LogP contribution in [0, 0.1) is 0 Å². The first-order valence-electron chi connectivity index (χ1n) is 9.16. The monoisotopic (exact) mass is 443 g/mol. The zero-order chi connectivity index (χ0) is 23.3. The molecule has 164 valence electrons. The molecule has 1 aromatic heterocycles. The van der Waals surface area contributed by atoms with Crippen molar-refractivity contribution < 1.29 is 32.3 Å². The van der Waals surface area contributed by atoms with Crippen LogP contribution < -0.4 is 15.4 Å². The van der Waals surface area contributed by atoms with Crippen LogP contribution in [0.1, 0.15) is 26.4 Å². The summed E-state index contributed by atoms with van der Waals surface area (Å²) >= 11 is 0. The minimum Gasteiger partial charge on any atom is -0.457 e. The molecule has 0 radical (unpaired) electrons. The van der Waals surface area contributed by atoms with E-state index >= 15 is 0 Å². The molecule has 0 aliphatic carbocycles. The second kappa shape index (κ2) is 9.29. The van der Waals surface area contributed by atoms with E-state index in [1.807, 2.05) is 0 Å². The number of amides is 2. The third-order valence-corrected chi connectivity index (χ3v) is 4.20. The number of carbonyl (C=O) groups excluding carboxylic acids is 3. The van der Waals surface area contributed by atoms with Crippen molar-refractivity contribution in [2.45, 2.75) is 6.18 Å². The second-order valence-corrected chi connectivity index (χ2v) is 6.44. The van der Waals surface area contributed by atoms with Crippen molar-refractivity contribution >= 4 is 23.3 Å². The van der Waals surface area contributed by atoms with Crippen LogP contribution in [0.2, 0.25) is 0 Å². The highest BCUT2D eigenvalue weighted by Gasteiger charge is 2.30. The maximum absolute atomic E-state index is 12.8. The van der Waals surface area contributed by atoms with Crippen LogP contribution >= 0.6 is 0 Å². The molecule has 0 saturated heterocycles. The van der Waals surface area contributed by atoms with Crippen molar-refractivity contribution in [3.8, 4) is 11.5 Å². The zero-order valence-corrected chi connectivity index (χ0v) is 16.6. The van der Waals surface area contributed by atoms with Gasteiger partial charge in [-0.2, -0.15) is 13.2 Å². The number of nitrogens with one attached hydrogen (secondary N) is 2. The number of Topliss-reactive ketones (excluding diaryl/α,β-unsaturated/α-hetero) is 1. The van der Waals surface area contributed by atoms with E-state index < -0.39 is 23.4 Å². The Kier molecular flexibility index (Phi) is 6.53. The fourth-order valence-electron chi connectivity index (χ4n) is 2.63. The van der Waals surface area contributed by atoms with E-state index in [0.29, 0.717) is 11.5 Å². The summed E-state index contributed by atoms with van der Waals surface area (Å²) in [6.07, 6.45) is -3.17. The lowest BCUT2D eigenvalue weighted by molar-refractivity contribution is -0.137. The second-order valence-electron chi connectivity index (χ2n) is 6.44. The molecule has 0 unspecified atom stereocenters. The van der Waals surface area contributed by atoms with E-state index in [0.717, 1.165) is 18.2 Å². The van der Waals surface area contributed by atoms with Gasteiger partial charge in [-0.25, -0.2) is 0 Å². The molecular formula is C22H16F3N3O4. The van der Waals surface area contributed by atoms with Gasteiger partial charge in [0.2, 0.25) is 0 Å². The quantitative estimate of drug-likeness (QED) is 0.442. The van der Waals surface area contributed by atoms with Crippen molar-refractivity contribution in [2.24, 2.45) is 0 Å². The number of aromatic nitrogens is 1. The Bertz CT molecular complexity index is 1160. The first-order valence-corrected chi connectivity index (χ1v) is 9.16. The van der Waals surface area contributed by atoms with Gasteiger partial charge in [-0.1, -0.05) is 6.07 Å². The number of carbonyl (C=O) groups is 3. The highest BCUT2D eigenvalue weighted by atomic mass is 19.4. The first kappa shape index (κ1) is 22.5. The van der Waals surface area contributed by atoms with Crippen LogP contribution in [0.4, 0.5) is 18.9 Å². The van der Waals surface area contributed by atoms with Crippen molar-refractivity contribution in [2.75, 3.05) is 12.4 Å². The minimum absolute atomic E-state index is 0.0163. The predicted octanol–water partition coefficient (Wildman–Crippen LogP) is 4.07. The highest BCUT2D eigenvalue weighted by Crippen LogP contribution is 2.30. The fraction of sp³-hybridized carbons (Fsp3) is 0.0909. The number of ketones is 1. The van der Waals surface area contributed by atoms with E-state index in [4.69, 9.17) is 4.74 Å². The number of rotatable bonds is 6. The van der Waals surface area contributed by atoms with Gasteiger partial charge in [-0.3, -0.25) is 19.4 Å². The molecule has 0 aliphatic heterocycles. The maximum Gasteiger partial charge on any atom is 0.416 e. The van der Waals surface area contributed by atoms with Gasteiger partial charge in [0.25, 0.3) is 17.6 Å². The van der Waals surface area contributed by atoms with Crippen LogP contribution in [0.15, 0.2) is 66.9 Å². The molecule has 0 saturated carbocycles. The molecule has 0 bridgehead atoms. The van der Waals surface area contributed by atoms with Crippen molar-refractivity contribution in [3.05, 3.63) is 83.7 Å². The SMILES string of the molecule is CNC(=O)c1cc(Oc2ccc(C(=O)C(=O)Nc3cccc(C(F)(F)F)c3)cc2)ccn1. The number of pyridine rings is 1. The largest absolute Gasteiger partial charge is 0.457 e. The summed E-state index contributed by atoms with van der Waals surface area (Å²) in [7, 11) is 1.47. The van der Waals surface area contributed by atoms with E-state index in [1.54, 1.807) is 0 Å². The summed E-state index contributed by atoms with van der Waals surface area (Å²) in [5, 5.41) is 4.61. The van der Waals surface area contributed by atoms with E-state index in [1.165, 1.54) is 55.7 Å². The van der Waals surface area contributed by atoms with Crippen LogP contribution in [0.5, 0.6) is 11.5 Å². The Morgan fingerprint density at radius 2 is 1.66 bits per heavy atom. The smallest absolute Gasteiger partial charge is 0.416 e. The van der Waals surface area contributed by atoms with Gasteiger partial charge in [0.05, 0.1) is 5.56 Å². The fourth-order valence-corrected chi connectivity index (χ4v) is 2.63. The Labute approximate surface area is 180 Å². The maximum atomic E-state index is 12.8. The predicted molar refractivity (Wildman–Crippen MR) is 109 cm³/mol. The molecule has 2 N–H and O–H groups in total. The van der Waals surface area contributed by atoms with Gasteiger partial charge in [-0.15, -0.1) is 0 Å². The third kappa shape index (κ3) is 5.48. The number of hydrogen-bond donors (Lipinski definition) is 2. The van der Waals surface area contributed by atoms with Crippen molar-refractivity contribution in [1.82, 2.24) is 10.3 Å². The average molecular weight is 443 g/mol. The molecule has 10 heteroatoms. The Morgan fingerprint density at radius 3 is 2.31 bits per heavy atom. The van der Waals surface area contributed by atoms with Gasteiger partial charge in [-0.05, 0) is 48.5 Å². The Hall–Kier alpha value is -4.21. The number of hydrogen-bond acceptors (Lipinski definition) is 5. The molecule has 3 aromatic rings. The average Bonchev–Trinajstić information content (AvgIpc) is 2.78. The number of nitrogens with zero attached hydrogens (tertiary/aromatic N) is 1. The Morgan fingerprint density at radius 1 is 0.938 bits per heavy atom. The number of alkyl halides is 3. The lowest BCUT2D eigenvalue weighted by Gasteiger charge is -2.10. The van der Waals surface area contributed by atoms with Gasteiger partial charge in [0.1, 0.15) is 17.2 Å². The van der Waals surface area contributed by atoms with Crippen LogP contribution in [0.25, 0.3) is 0 Å². The van der Waals surface area contributed by atoms with Crippen LogP contribution in [0.3, 0.4) is 0 Å². The summed E-state index contributed by atoms with van der Waals surface area (Å²) < 4.78 is 44.0. The number of halogens is 3. The number of benzene rings is 2. The molecule has 0 fully saturated rings. The topological polar surface area (TPSA) is 97.4 Å². The molecule has 32 heavy (non-hydrogen) atoms. The lowest BCUT2D eigenvalue weighted by atomic mass is 10.1. The summed E-state index contributed by atoms with van der Waals surface area (Å²) in [6.45, 7) is 0.